The van der Waals surface area contributed by atoms with Crippen molar-refractivity contribution in [1.29, 1.82) is 0 Å². The Hall–Kier alpha value is -2.04. The summed E-state index contributed by atoms with van der Waals surface area (Å²) in [6.07, 6.45) is 0. The molecule has 0 aliphatic heterocycles. The van der Waals surface area contributed by atoms with Gasteiger partial charge in [-0.2, -0.15) is 0 Å². The van der Waals surface area contributed by atoms with Crippen molar-refractivity contribution >= 4 is 35.1 Å². The van der Waals surface area contributed by atoms with Gasteiger partial charge in [0.05, 0.1) is 16.1 Å². The number of carboxylic acids is 2. The molecule has 0 spiro atoms. The maximum atomic E-state index is 11.0. The Balaban J connectivity index is 2.54. The number of hydrogen-bond donors (Lipinski definition) is 2. The van der Waals surface area contributed by atoms with Crippen molar-refractivity contribution in [3.05, 3.63) is 57.6 Å². The Morgan fingerprint density at radius 2 is 1.55 bits per heavy atom. The third-order valence-electron chi connectivity index (χ3n) is 2.68. The Labute approximate surface area is 124 Å². The lowest BCUT2D eigenvalue weighted by molar-refractivity contribution is 0.0686. The van der Waals surface area contributed by atoms with Crippen LogP contribution >= 0.6 is 23.2 Å². The number of rotatable bonds is 3. The Kier molecular flexibility index (Phi) is 3.97. The van der Waals surface area contributed by atoms with E-state index in [1.165, 1.54) is 24.3 Å². The zero-order valence-corrected chi connectivity index (χ0v) is 11.4. The second-order valence-electron chi connectivity index (χ2n) is 4.03. The molecule has 0 heterocycles. The van der Waals surface area contributed by atoms with E-state index in [4.69, 9.17) is 33.4 Å². The molecular formula is C14H8Cl2O4. The summed E-state index contributed by atoms with van der Waals surface area (Å²) >= 11 is 11.8. The quantitative estimate of drug-likeness (QED) is 0.896. The normalized spacial score (nSPS) is 10.3. The highest BCUT2D eigenvalue weighted by atomic mass is 35.5. The van der Waals surface area contributed by atoms with Crippen LogP contribution in [0, 0.1) is 0 Å². The first-order valence-corrected chi connectivity index (χ1v) is 6.21. The van der Waals surface area contributed by atoms with Crippen LogP contribution in [0.25, 0.3) is 11.1 Å². The molecule has 2 N–H and O–H groups in total. The predicted octanol–water partition coefficient (Wildman–Crippen LogP) is 4.06. The summed E-state index contributed by atoms with van der Waals surface area (Å²) in [4.78, 5) is 21.9. The highest BCUT2D eigenvalue weighted by molar-refractivity contribution is 6.34. The van der Waals surface area contributed by atoms with Gasteiger partial charge in [0.25, 0.3) is 0 Å². The van der Waals surface area contributed by atoms with Crippen LogP contribution in [-0.2, 0) is 0 Å². The second kappa shape index (κ2) is 5.53. The fraction of sp³-hybridized carbons (Fsp3) is 0. The Bertz CT molecular complexity index is 710. The van der Waals surface area contributed by atoms with Crippen molar-refractivity contribution in [2.45, 2.75) is 0 Å². The molecule has 0 amide bonds. The minimum Gasteiger partial charge on any atom is -0.478 e. The lowest BCUT2D eigenvalue weighted by Crippen LogP contribution is -1.98. The van der Waals surface area contributed by atoms with Crippen molar-refractivity contribution in [3.63, 3.8) is 0 Å². The summed E-state index contributed by atoms with van der Waals surface area (Å²) < 4.78 is 0. The number of aromatic carboxylic acids is 2. The van der Waals surface area contributed by atoms with Crippen LogP contribution in [-0.4, -0.2) is 22.2 Å². The maximum absolute atomic E-state index is 11.0. The van der Waals surface area contributed by atoms with Crippen LogP contribution in [0.4, 0.5) is 0 Å². The predicted molar refractivity (Wildman–Crippen MR) is 75.8 cm³/mol. The standard InChI is InChI=1S/C14H8Cl2O4/c15-10-4-8(3-9(5-10)13(17)18)7-1-2-11(14(19)20)12(16)6-7/h1-6H,(H,17,18)(H,19,20). The highest BCUT2D eigenvalue weighted by Crippen LogP contribution is 2.28. The van der Waals surface area contributed by atoms with Gasteiger partial charge in [-0.1, -0.05) is 29.3 Å². The zero-order valence-electron chi connectivity index (χ0n) is 9.93. The molecule has 0 aromatic heterocycles. The van der Waals surface area contributed by atoms with Crippen molar-refractivity contribution in [1.82, 2.24) is 0 Å². The largest absolute Gasteiger partial charge is 0.478 e. The minimum atomic E-state index is -1.13. The molecule has 0 unspecified atom stereocenters. The molecule has 0 bridgehead atoms. The van der Waals surface area contributed by atoms with Gasteiger partial charge in [0.15, 0.2) is 0 Å². The van der Waals surface area contributed by atoms with Gasteiger partial charge in [-0.05, 0) is 41.5 Å². The number of carbonyl (C=O) groups is 2. The lowest BCUT2D eigenvalue weighted by atomic mass is 10.0. The summed E-state index contributed by atoms with van der Waals surface area (Å²) in [6, 6.07) is 8.73. The summed E-state index contributed by atoms with van der Waals surface area (Å²) in [5, 5.41) is 18.2. The van der Waals surface area contributed by atoms with E-state index in [1.54, 1.807) is 12.1 Å². The molecule has 0 saturated carbocycles. The van der Waals surface area contributed by atoms with Crippen molar-refractivity contribution in [2.75, 3.05) is 0 Å². The summed E-state index contributed by atoms with van der Waals surface area (Å²) in [5.41, 5.74) is 1.17. The van der Waals surface area contributed by atoms with Crippen LogP contribution in [0.2, 0.25) is 10.0 Å². The molecule has 4 nitrogen and oxygen atoms in total. The first kappa shape index (κ1) is 14.4. The van der Waals surface area contributed by atoms with Gasteiger partial charge in [0.2, 0.25) is 0 Å². The van der Waals surface area contributed by atoms with Crippen LogP contribution in [0.3, 0.4) is 0 Å². The van der Waals surface area contributed by atoms with Crippen LogP contribution in [0.5, 0.6) is 0 Å². The molecule has 6 heteroatoms. The van der Waals surface area contributed by atoms with E-state index in [1.807, 2.05) is 0 Å². The third kappa shape index (κ3) is 2.92. The molecule has 102 valence electrons. The van der Waals surface area contributed by atoms with Gasteiger partial charge in [-0.3, -0.25) is 0 Å². The van der Waals surface area contributed by atoms with Gasteiger partial charge in [0, 0.05) is 5.02 Å². The first-order valence-electron chi connectivity index (χ1n) is 5.45. The topological polar surface area (TPSA) is 74.6 Å². The first-order chi connectivity index (χ1) is 9.38. The molecule has 2 aromatic rings. The van der Waals surface area contributed by atoms with E-state index in [0.717, 1.165) is 0 Å². The van der Waals surface area contributed by atoms with E-state index in [0.29, 0.717) is 11.1 Å². The molecule has 2 aromatic carbocycles. The second-order valence-corrected chi connectivity index (χ2v) is 4.88. The zero-order chi connectivity index (χ0) is 14.9. The van der Waals surface area contributed by atoms with Crippen LogP contribution in [0.1, 0.15) is 20.7 Å². The SMILES string of the molecule is O=C(O)c1cc(Cl)cc(-c2ccc(C(=O)O)c(Cl)c2)c1. The third-order valence-corrected chi connectivity index (χ3v) is 3.21. The minimum absolute atomic E-state index is 0.0177. The molecule has 0 radical (unpaired) electrons. The van der Waals surface area contributed by atoms with E-state index >= 15 is 0 Å². The summed E-state index contributed by atoms with van der Waals surface area (Å²) in [5.74, 6) is -2.22. The molecule has 0 atom stereocenters. The van der Waals surface area contributed by atoms with Gasteiger partial charge < -0.3 is 10.2 Å². The fourth-order valence-electron chi connectivity index (χ4n) is 1.75. The average Bonchev–Trinajstić information content (AvgIpc) is 2.37. The van der Waals surface area contributed by atoms with E-state index in [9.17, 15) is 9.59 Å². The fourth-order valence-corrected chi connectivity index (χ4v) is 2.24. The molecule has 20 heavy (non-hydrogen) atoms. The van der Waals surface area contributed by atoms with Crippen LogP contribution in [0.15, 0.2) is 36.4 Å². The smallest absolute Gasteiger partial charge is 0.337 e. The number of halogens is 2. The van der Waals surface area contributed by atoms with Crippen molar-refractivity contribution in [3.8, 4) is 11.1 Å². The highest BCUT2D eigenvalue weighted by Gasteiger charge is 2.12. The van der Waals surface area contributed by atoms with Gasteiger partial charge in [-0.15, -0.1) is 0 Å². The molecule has 0 saturated heterocycles. The summed E-state index contributed by atoms with van der Waals surface area (Å²) in [6.45, 7) is 0. The number of hydrogen-bond acceptors (Lipinski definition) is 2. The Morgan fingerprint density at radius 1 is 0.850 bits per heavy atom. The van der Waals surface area contributed by atoms with E-state index in [-0.39, 0.29) is 21.2 Å². The monoisotopic (exact) mass is 310 g/mol. The van der Waals surface area contributed by atoms with E-state index < -0.39 is 11.9 Å². The molecule has 0 aliphatic rings. The Morgan fingerprint density at radius 3 is 2.10 bits per heavy atom. The van der Waals surface area contributed by atoms with Gasteiger partial charge in [0.1, 0.15) is 0 Å². The van der Waals surface area contributed by atoms with Crippen LogP contribution < -0.4 is 0 Å². The van der Waals surface area contributed by atoms with Crippen molar-refractivity contribution in [2.24, 2.45) is 0 Å². The molecule has 0 aliphatic carbocycles. The number of benzene rings is 2. The maximum Gasteiger partial charge on any atom is 0.337 e. The molecule has 2 rings (SSSR count). The average molecular weight is 311 g/mol. The lowest BCUT2D eigenvalue weighted by Gasteiger charge is -2.07. The van der Waals surface area contributed by atoms with Crippen molar-refractivity contribution < 1.29 is 19.8 Å². The van der Waals surface area contributed by atoms with E-state index in [2.05, 4.69) is 0 Å². The molecular weight excluding hydrogens is 303 g/mol. The number of carboxylic acid groups (broad SMARTS) is 2. The molecule has 0 fully saturated rings. The van der Waals surface area contributed by atoms with Gasteiger partial charge >= 0.3 is 11.9 Å². The van der Waals surface area contributed by atoms with Gasteiger partial charge in [-0.25, -0.2) is 9.59 Å². The summed E-state index contributed by atoms with van der Waals surface area (Å²) in [7, 11) is 0.